The lowest BCUT2D eigenvalue weighted by atomic mass is 10.1. The first-order valence-electron chi connectivity index (χ1n) is 5.14. The molecule has 0 saturated heterocycles. The van der Waals surface area contributed by atoms with Crippen LogP contribution in [0.1, 0.15) is 15.9 Å². The molecule has 6 heteroatoms. The lowest BCUT2D eigenvalue weighted by Crippen LogP contribution is -2.13. The predicted octanol–water partition coefficient (Wildman–Crippen LogP) is 3.28. The van der Waals surface area contributed by atoms with E-state index in [-0.39, 0.29) is 11.1 Å². The van der Waals surface area contributed by atoms with Crippen molar-refractivity contribution in [3.05, 3.63) is 52.7 Å². The van der Waals surface area contributed by atoms with Gasteiger partial charge in [0.1, 0.15) is 0 Å². The zero-order valence-electron chi connectivity index (χ0n) is 9.23. The zero-order chi connectivity index (χ0) is 13.0. The van der Waals surface area contributed by atoms with Crippen LogP contribution < -0.4 is 5.32 Å². The molecule has 2 aromatic rings. The molecule has 1 aromatic carbocycles. The van der Waals surface area contributed by atoms with E-state index < -0.39 is 0 Å². The first-order chi connectivity index (χ1) is 8.69. The number of aromatic nitrogens is 2. The Morgan fingerprint density at radius 1 is 1.17 bits per heavy atom. The Balaban J connectivity index is 2.09. The van der Waals surface area contributed by atoms with Crippen molar-refractivity contribution >= 4 is 39.3 Å². The molecule has 0 aliphatic heterocycles. The van der Waals surface area contributed by atoms with Gasteiger partial charge in [0.05, 0.1) is 0 Å². The number of halogens is 2. The number of carbonyl (C=O) groups is 1. The molecular weight excluding hydrogens is 318 g/mol. The molecule has 2 rings (SSSR count). The van der Waals surface area contributed by atoms with E-state index in [1.165, 1.54) is 0 Å². The normalized spacial score (nSPS) is 10.1. The van der Waals surface area contributed by atoms with E-state index >= 15 is 0 Å². The largest absolute Gasteiger partial charge is 0.305 e. The fourth-order valence-corrected chi connectivity index (χ4v) is 1.79. The molecule has 1 amide bonds. The second-order valence-corrected chi connectivity index (χ2v) is 4.47. The third kappa shape index (κ3) is 3.27. The molecule has 4 nitrogen and oxygen atoms in total. The Bertz CT molecular complexity index is 542. The third-order valence-corrected chi connectivity index (χ3v) is 3.09. The number of nitrogens with zero attached hydrogens (tertiary/aromatic N) is 2. The second kappa shape index (κ2) is 5.93. The average molecular weight is 327 g/mol. The van der Waals surface area contributed by atoms with Crippen molar-refractivity contribution in [2.24, 2.45) is 0 Å². The van der Waals surface area contributed by atoms with E-state index in [0.717, 1.165) is 10.9 Å². The minimum atomic E-state index is -0.229. The average Bonchev–Trinajstić information content (AvgIpc) is 2.41. The maximum absolute atomic E-state index is 11.9. The van der Waals surface area contributed by atoms with Gasteiger partial charge < -0.3 is 5.32 Å². The monoisotopic (exact) mass is 325 g/mol. The number of hydrogen-bond acceptors (Lipinski definition) is 3. The number of nitrogens with one attached hydrogen (secondary N) is 1. The smallest absolute Gasteiger partial charge is 0.256 e. The van der Waals surface area contributed by atoms with Crippen LogP contribution in [0, 0.1) is 0 Å². The molecule has 92 valence electrons. The number of carbonyl (C=O) groups excluding carboxylic acids is 1. The molecular formula is C12H9BrClN3O. The van der Waals surface area contributed by atoms with Crippen LogP contribution in [0.15, 0.2) is 36.4 Å². The van der Waals surface area contributed by atoms with E-state index in [2.05, 4.69) is 31.4 Å². The van der Waals surface area contributed by atoms with Crippen LogP contribution in [0.25, 0.3) is 0 Å². The van der Waals surface area contributed by atoms with Gasteiger partial charge in [0, 0.05) is 10.9 Å². The molecule has 0 unspecified atom stereocenters. The Morgan fingerprint density at radius 3 is 2.44 bits per heavy atom. The summed E-state index contributed by atoms with van der Waals surface area (Å²) in [4.78, 5) is 11.9. The van der Waals surface area contributed by atoms with Crippen molar-refractivity contribution in [2.45, 2.75) is 5.33 Å². The summed E-state index contributed by atoms with van der Waals surface area (Å²) in [5, 5.41) is 11.1. The lowest BCUT2D eigenvalue weighted by molar-refractivity contribution is 0.102. The number of hydrogen-bond donors (Lipinski definition) is 1. The van der Waals surface area contributed by atoms with Crippen LogP contribution in [0.5, 0.6) is 0 Å². The minimum Gasteiger partial charge on any atom is -0.305 e. The molecule has 0 fully saturated rings. The minimum absolute atomic E-state index is 0.229. The number of rotatable bonds is 3. The Kier molecular flexibility index (Phi) is 4.28. The standard InChI is InChI=1S/C12H9BrClN3O/c13-7-8-1-3-9(4-2-8)12(18)15-11-6-5-10(14)16-17-11/h1-6H,7H2,(H,15,17,18). The highest BCUT2D eigenvalue weighted by Crippen LogP contribution is 2.11. The Morgan fingerprint density at radius 2 is 1.89 bits per heavy atom. The molecule has 0 atom stereocenters. The molecule has 0 aliphatic rings. The van der Waals surface area contributed by atoms with Crippen LogP contribution in [-0.4, -0.2) is 16.1 Å². The van der Waals surface area contributed by atoms with Gasteiger partial charge in [0.15, 0.2) is 11.0 Å². The molecule has 1 heterocycles. The predicted molar refractivity (Wildman–Crippen MR) is 74.1 cm³/mol. The number of anilines is 1. The van der Waals surface area contributed by atoms with Gasteiger partial charge in [-0.05, 0) is 29.8 Å². The van der Waals surface area contributed by atoms with E-state index in [4.69, 9.17) is 11.6 Å². The summed E-state index contributed by atoms with van der Waals surface area (Å²) in [6.07, 6.45) is 0. The van der Waals surface area contributed by atoms with Crippen LogP contribution in [0.2, 0.25) is 5.15 Å². The maximum Gasteiger partial charge on any atom is 0.256 e. The molecule has 0 spiro atoms. The highest BCUT2D eigenvalue weighted by Gasteiger charge is 2.06. The quantitative estimate of drug-likeness (QED) is 0.881. The van der Waals surface area contributed by atoms with E-state index in [1.54, 1.807) is 24.3 Å². The summed E-state index contributed by atoms with van der Waals surface area (Å²) >= 11 is 8.96. The van der Waals surface area contributed by atoms with Gasteiger partial charge >= 0.3 is 0 Å². The van der Waals surface area contributed by atoms with Gasteiger partial charge in [-0.2, -0.15) is 0 Å². The lowest BCUT2D eigenvalue weighted by Gasteiger charge is -2.04. The summed E-state index contributed by atoms with van der Waals surface area (Å²) in [6, 6.07) is 10.5. The van der Waals surface area contributed by atoms with Crippen molar-refractivity contribution in [2.75, 3.05) is 5.32 Å². The van der Waals surface area contributed by atoms with Crippen LogP contribution in [0.3, 0.4) is 0 Å². The van der Waals surface area contributed by atoms with E-state index in [9.17, 15) is 4.79 Å². The fraction of sp³-hybridized carbons (Fsp3) is 0.0833. The van der Waals surface area contributed by atoms with Crippen molar-refractivity contribution < 1.29 is 4.79 Å². The molecule has 0 aliphatic carbocycles. The molecule has 18 heavy (non-hydrogen) atoms. The maximum atomic E-state index is 11.9. The highest BCUT2D eigenvalue weighted by molar-refractivity contribution is 9.08. The van der Waals surface area contributed by atoms with E-state index in [0.29, 0.717) is 11.4 Å². The summed E-state index contributed by atoms with van der Waals surface area (Å²) in [5.74, 6) is 0.140. The Labute approximate surface area is 118 Å². The van der Waals surface area contributed by atoms with Gasteiger partial charge in [-0.1, -0.05) is 39.7 Å². The van der Waals surface area contributed by atoms with Crippen molar-refractivity contribution in [3.63, 3.8) is 0 Å². The van der Waals surface area contributed by atoms with Crippen molar-refractivity contribution in [1.29, 1.82) is 0 Å². The van der Waals surface area contributed by atoms with Gasteiger partial charge in [0.25, 0.3) is 5.91 Å². The first kappa shape index (κ1) is 13.0. The van der Waals surface area contributed by atoms with Crippen LogP contribution in [-0.2, 0) is 5.33 Å². The van der Waals surface area contributed by atoms with Gasteiger partial charge in [-0.3, -0.25) is 4.79 Å². The van der Waals surface area contributed by atoms with Gasteiger partial charge in [-0.25, -0.2) is 0 Å². The van der Waals surface area contributed by atoms with Gasteiger partial charge in [-0.15, -0.1) is 10.2 Å². The third-order valence-electron chi connectivity index (χ3n) is 2.24. The summed E-state index contributed by atoms with van der Waals surface area (Å²) in [6.45, 7) is 0. The second-order valence-electron chi connectivity index (χ2n) is 3.53. The van der Waals surface area contributed by atoms with Crippen molar-refractivity contribution in [1.82, 2.24) is 10.2 Å². The molecule has 1 aromatic heterocycles. The summed E-state index contributed by atoms with van der Waals surface area (Å²) in [7, 11) is 0. The van der Waals surface area contributed by atoms with Crippen LogP contribution in [0.4, 0.5) is 5.82 Å². The topological polar surface area (TPSA) is 54.9 Å². The number of amides is 1. The van der Waals surface area contributed by atoms with E-state index in [1.807, 2.05) is 12.1 Å². The number of benzene rings is 1. The van der Waals surface area contributed by atoms with Gasteiger partial charge in [0.2, 0.25) is 0 Å². The van der Waals surface area contributed by atoms with Crippen molar-refractivity contribution in [3.8, 4) is 0 Å². The SMILES string of the molecule is O=C(Nc1ccc(Cl)nn1)c1ccc(CBr)cc1. The molecule has 1 N–H and O–H groups in total. The highest BCUT2D eigenvalue weighted by atomic mass is 79.9. The van der Waals surface area contributed by atoms with Crippen LogP contribution >= 0.6 is 27.5 Å². The first-order valence-corrected chi connectivity index (χ1v) is 6.64. The zero-order valence-corrected chi connectivity index (χ0v) is 11.6. The molecule has 0 saturated carbocycles. The Hall–Kier alpha value is -1.46. The fourth-order valence-electron chi connectivity index (χ4n) is 1.32. The molecule has 0 bridgehead atoms. The number of alkyl halides is 1. The summed E-state index contributed by atoms with van der Waals surface area (Å²) < 4.78 is 0. The molecule has 0 radical (unpaired) electrons. The summed E-state index contributed by atoms with van der Waals surface area (Å²) in [5.41, 5.74) is 1.68.